The molecule has 27 heavy (non-hydrogen) atoms. The van der Waals surface area contributed by atoms with Gasteiger partial charge in [0, 0.05) is 29.7 Å². The Balaban J connectivity index is 2.34. The molecule has 9 heteroatoms. The van der Waals surface area contributed by atoms with Crippen molar-refractivity contribution in [3.63, 3.8) is 0 Å². The number of nitrogens with zero attached hydrogens (tertiary/aromatic N) is 1. The van der Waals surface area contributed by atoms with E-state index in [0.717, 1.165) is 4.31 Å². The zero-order valence-corrected chi connectivity index (χ0v) is 17.6. The lowest BCUT2D eigenvalue weighted by Gasteiger charge is -2.18. The molecule has 1 N–H and O–H groups in total. The molecule has 6 nitrogen and oxygen atoms in total. The van der Waals surface area contributed by atoms with Crippen LogP contribution < -0.4 is 10.1 Å². The summed E-state index contributed by atoms with van der Waals surface area (Å²) in [5.41, 5.74) is 0.886. The van der Waals surface area contributed by atoms with E-state index in [2.05, 4.69) is 5.32 Å². The molecule has 146 valence electrons. The SMILES string of the molecule is COc1ccc(C(=O)NC(C)c2ccc(Cl)cc2Cl)cc1S(=O)(=O)N(C)C. The van der Waals surface area contributed by atoms with E-state index < -0.39 is 22.0 Å². The average Bonchev–Trinajstić information content (AvgIpc) is 2.60. The number of amides is 1. The van der Waals surface area contributed by atoms with Crippen LogP contribution in [0.5, 0.6) is 5.75 Å². The molecular weight excluding hydrogens is 411 g/mol. The van der Waals surface area contributed by atoms with Crippen LogP contribution in [0.25, 0.3) is 0 Å². The number of hydrogen-bond donors (Lipinski definition) is 1. The quantitative estimate of drug-likeness (QED) is 0.756. The molecule has 2 rings (SSSR count). The summed E-state index contributed by atoms with van der Waals surface area (Å²) in [4.78, 5) is 12.5. The molecule has 0 bridgehead atoms. The first-order valence-corrected chi connectivity index (χ1v) is 10.1. The van der Waals surface area contributed by atoms with Gasteiger partial charge in [-0.05, 0) is 42.8 Å². The Labute approximate surface area is 169 Å². The molecule has 0 aliphatic heterocycles. The fourth-order valence-electron chi connectivity index (χ4n) is 2.43. The zero-order valence-electron chi connectivity index (χ0n) is 15.3. The minimum absolute atomic E-state index is 0.0835. The van der Waals surface area contributed by atoms with Gasteiger partial charge < -0.3 is 10.1 Å². The van der Waals surface area contributed by atoms with Gasteiger partial charge in [0.05, 0.1) is 13.2 Å². The number of ether oxygens (including phenoxy) is 1. The van der Waals surface area contributed by atoms with Crippen molar-refractivity contribution < 1.29 is 17.9 Å². The Kier molecular flexibility index (Phi) is 6.75. The lowest BCUT2D eigenvalue weighted by Crippen LogP contribution is -2.28. The average molecular weight is 431 g/mol. The minimum atomic E-state index is -3.78. The molecule has 0 aromatic heterocycles. The number of nitrogens with one attached hydrogen (secondary N) is 1. The predicted molar refractivity (Wildman–Crippen MR) is 106 cm³/mol. The fourth-order valence-corrected chi connectivity index (χ4v) is 4.07. The summed E-state index contributed by atoms with van der Waals surface area (Å²) in [6, 6.07) is 8.84. The second-order valence-corrected chi connectivity index (χ2v) is 8.98. The number of hydrogen-bond acceptors (Lipinski definition) is 4. The van der Waals surface area contributed by atoms with Crippen LogP contribution in [0.4, 0.5) is 0 Å². The summed E-state index contributed by atoms with van der Waals surface area (Å²) in [6.45, 7) is 1.77. The highest BCUT2D eigenvalue weighted by molar-refractivity contribution is 7.89. The molecule has 0 saturated carbocycles. The van der Waals surface area contributed by atoms with Crippen LogP contribution in [0.2, 0.25) is 10.0 Å². The van der Waals surface area contributed by atoms with E-state index in [4.69, 9.17) is 27.9 Å². The smallest absolute Gasteiger partial charge is 0.251 e. The number of rotatable bonds is 6. The first-order valence-electron chi connectivity index (χ1n) is 7.94. The summed E-state index contributed by atoms with van der Waals surface area (Å²) in [6.07, 6.45) is 0. The van der Waals surface area contributed by atoms with Crippen molar-refractivity contribution in [3.8, 4) is 5.75 Å². The standard InChI is InChI=1S/C18H20Cl2N2O4S/c1-11(14-7-6-13(19)10-15(14)20)21-18(23)12-5-8-16(26-4)17(9-12)27(24,25)22(2)3/h5-11H,1-4H3,(H,21,23). The molecular formula is C18H20Cl2N2O4S. The van der Waals surface area contributed by atoms with Crippen LogP contribution in [-0.4, -0.2) is 39.8 Å². The van der Waals surface area contributed by atoms with Crippen molar-refractivity contribution in [2.75, 3.05) is 21.2 Å². The molecule has 1 amide bonds. The molecule has 1 unspecified atom stereocenters. The second-order valence-electron chi connectivity index (χ2n) is 6.01. The molecule has 0 saturated heterocycles. The van der Waals surface area contributed by atoms with Crippen molar-refractivity contribution in [2.45, 2.75) is 17.9 Å². The van der Waals surface area contributed by atoms with Gasteiger partial charge in [0.25, 0.3) is 5.91 Å². The number of carbonyl (C=O) groups excluding carboxylic acids is 1. The van der Waals surface area contributed by atoms with E-state index in [0.29, 0.717) is 15.6 Å². The fraction of sp³-hybridized carbons (Fsp3) is 0.278. The van der Waals surface area contributed by atoms with Gasteiger partial charge in [-0.15, -0.1) is 0 Å². The van der Waals surface area contributed by atoms with Crippen molar-refractivity contribution >= 4 is 39.1 Å². The zero-order chi connectivity index (χ0) is 20.4. The van der Waals surface area contributed by atoms with Crippen LogP contribution in [0.15, 0.2) is 41.3 Å². The first kappa shape index (κ1) is 21.5. The molecule has 1 atom stereocenters. The number of sulfonamides is 1. The van der Waals surface area contributed by atoms with E-state index in [9.17, 15) is 13.2 Å². The largest absolute Gasteiger partial charge is 0.495 e. The van der Waals surface area contributed by atoms with Crippen molar-refractivity contribution in [2.24, 2.45) is 0 Å². The lowest BCUT2D eigenvalue weighted by molar-refractivity contribution is 0.0939. The Hall–Kier alpha value is -1.80. The van der Waals surface area contributed by atoms with Crippen molar-refractivity contribution in [1.29, 1.82) is 0 Å². The summed E-state index contributed by atoms with van der Waals surface area (Å²) in [7, 11) is 0.412. The molecule has 0 aliphatic carbocycles. The van der Waals surface area contributed by atoms with Gasteiger partial charge in [-0.1, -0.05) is 29.3 Å². The third-order valence-corrected chi connectivity index (χ3v) is 6.36. The summed E-state index contributed by atoms with van der Waals surface area (Å²) in [5, 5.41) is 3.73. The first-order chi connectivity index (χ1) is 12.6. The Morgan fingerprint density at radius 2 is 1.81 bits per heavy atom. The molecule has 2 aromatic rings. The summed E-state index contributed by atoms with van der Waals surface area (Å²) in [5.74, 6) is -0.277. The maximum atomic E-state index is 12.6. The predicted octanol–water partition coefficient (Wildman–Crippen LogP) is 3.74. The lowest BCUT2D eigenvalue weighted by atomic mass is 10.1. The van der Waals surface area contributed by atoms with Crippen LogP contribution in [0.1, 0.15) is 28.9 Å². The third-order valence-electron chi connectivity index (χ3n) is 3.96. The molecule has 2 aromatic carbocycles. The summed E-state index contributed by atoms with van der Waals surface area (Å²) >= 11 is 12.1. The van der Waals surface area contributed by atoms with Gasteiger partial charge in [0.15, 0.2) is 0 Å². The number of benzene rings is 2. The Bertz CT molecular complexity index is 962. The molecule has 0 aliphatic rings. The van der Waals surface area contributed by atoms with Gasteiger partial charge in [-0.25, -0.2) is 12.7 Å². The normalized spacial score (nSPS) is 12.7. The van der Waals surface area contributed by atoms with Crippen molar-refractivity contribution in [1.82, 2.24) is 9.62 Å². The van der Waals surface area contributed by atoms with E-state index in [1.807, 2.05) is 0 Å². The van der Waals surface area contributed by atoms with Gasteiger partial charge in [-0.3, -0.25) is 4.79 Å². The maximum absolute atomic E-state index is 12.6. The van der Waals surface area contributed by atoms with Crippen molar-refractivity contribution in [3.05, 3.63) is 57.6 Å². The van der Waals surface area contributed by atoms with E-state index >= 15 is 0 Å². The second kappa shape index (κ2) is 8.48. The maximum Gasteiger partial charge on any atom is 0.251 e. The van der Waals surface area contributed by atoms with Gasteiger partial charge in [0.1, 0.15) is 10.6 Å². The number of carbonyl (C=O) groups is 1. The van der Waals surface area contributed by atoms with Crippen LogP contribution in [-0.2, 0) is 10.0 Å². The Morgan fingerprint density at radius 3 is 2.37 bits per heavy atom. The number of halogens is 2. The third kappa shape index (κ3) is 4.73. The molecule has 0 spiro atoms. The van der Waals surface area contributed by atoms with E-state index in [-0.39, 0.29) is 16.2 Å². The highest BCUT2D eigenvalue weighted by Crippen LogP contribution is 2.28. The van der Waals surface area contributed by atoms with Crippen LogP contribution in [0.3, 0.4) is 0 Å². The monoisotopic (exact) mass is 430 g/mol. The highest BCUT2D eigenvalue weighted by atomic mass is 35.5. The van der Waals surface area contributed by atoms with Gasteiger partial charge in [0.2, 0.25) is 10.0 Å². The van der Waals surface area contributed by atoms with Gasteiger partial charge in [-0.2, -0.15) is 0 Å². The number of methoxy groups -OCH3 is 1. The summed E-state index contributed by atoms with van der Waals surface area (Å²) < 4.78 is 31.2. The molecule has 0 radical (unpaired) electrons. The molecule has 0 heterocycles. The minimum Gasteiger partial charge on any atom is -0.495 e. The topological polar surface area (TPSA) is 75.7 Å². The van der Waals surface area contributed by atoms with E-state index in [1.54, 1.807) is 25.1 Å². The highest BCUT2D eigenvalue weighted by Gasteiger charge is 2.24. The molecule has 0 fully saturated rings. The van der Waals surface area contributed by atoms with Crippen LogP contribution in [0, 0.1) is 0 Å². The Morgan fingerprint density at radius 1 is 1.15 bits per heavy atom. The van der Waals surface area contributed by atoms with Gasteiger partial charge >= 0.3 is 0 Å². The van der Waals surface area contributed by atoms with Crippen LogP contribution >= 0.6 is 23.2 Å². The van der Waals surface area contributed by atoms with E-state index in [1.165, 1.54) is 39.4 Å².